The Hall–Kier alpha value is -2.68. The molecule has 3 rings (SSSR count). The van der Waals surface area contributed by atoms with Crippen LogP contribution < -0.4 is 15.8 Å². The molecule has 0 atom stereocenters. The summed E-state index contributed by atoms with van der Waals surface area (Å²) >= 11 is 3.37. The van der Waals surface area contributed by atoms with Crippen molar-refractivity contribution in [3.63, 3.8) is 0 Å². The maximum atomic E-state index is 12.2. The van der Waals surface area contributed by atoms with Gasteiger partial charge in [-0.3, -0.25) is 0 Å². The lowest BCUT2D eigenvalue weighted by atomic mass is 10.0. The number of halogens is 1. The Bertz CT molecular complexity index is 1130. The maximum absolute atomic E-state index is 12.2. The first kappa shape index (κ1) is 20.1. The molecule has 0 unspecified atom stereocenters. The molecule has 2 amide bonds. The summed E-state index contributed by atoms with van der Waals surface area (Å²) in [7, 11) is -3.86. The second kappa shape index (κ2) is 8.14. The number of para-hydroxylation sites is 1. The molecule has 4 N–H and O–H groups in total. The van der Waals surface area contributed by atoms with Crippen molar-refractivity contribution >= 4 is 43.4 Å². The summed E-state index contributed by atoms with van der Waals surface area (Å²) in [6.45, 7) is 1.70. The molecular weight excluding hydrogens is 442 g/mol. The molecule has 144 valence electrons. The Balaban J connectivity index is 1.81. The van der Waals surface area contributed by atoms with Gasteiger partial charge in [-0.15, -0.1) is 0 Å². The van der Waals surface area contributed by atoms with Crippen LogP contribution in [0.1, 0.15) is 5.56 Å². The van der Waals surface area contributed by atoms with Crippen LogP contribution in [0, 0.1) is 6.92 Å². The highest BCUT2D eigenvalue weighted by Crippen LogP contribution is 2.30. The average Bonchev–Trinajstić information content (AvgIpc) is 2.63. The third-order valence-electron chi connectivity index (χ3n) is 4.07. The van der Waals surface area contributed by atoms with Crippen LogP contribution in [-0.4, -0.2) is 14.4 Å². The number of aryl methyl sites for hydroxylation is 1. The summed E-state index contributed by atoms with van der Waals surface area (Å²) in [5.41, 5.74) is 3.00. The lowest BCUT2D eigenvalue weighted by Gasteiger charge is -2.12. The summed E-state index contributed by atoms with van der Waals surface area (Å²) < 4.78 is 24.7. The van der Waals surface area contributed by atoms with E-state index in [0.29, 0.717) is 28.1 Å². The zero-order valence-electron chi connectivity index (χ0n) is 14.9. The molecule has 0 bridgehead atoms. The Kier molecular flexibility index (Phi) is 5.83. The predicted molar refractivity (Wildman–Crippen MR) is 115 cm³/mol. The van der Waals surface area contributed by atoms with Crippen molar-refractivity contribution < 1.29 is 13.2 Å². The van der Waals surface area contributed by atoms with Crippen molar-refractivity contribution in [1.29, 1.82) is 0 Å². The number of carbonyl (C=O) groups excluding carboxylic acids is 1. The number of anilines is 2. The predicted octanol–water partition coefficient (Wildman–Crippen LogP) is 4.72. The van der Waals surface area contributed by atoms with Crippen LogP contribution in [0.4, 0.5) is 16.2 Å². The summed E-state index contributed by atoms with van der Waals surface area (Å²) in [5, 5.41) is 10.9. The van der Waals surface area contributed by atoms with Crippen molar-refractivity contribution in [3.8, 4) is 11.1 Å². The molecule has 0 fully saturated rings. The number of amides is 2. The van der Waals surface area contributed by atoms with E-state index in [-0.39, 0.29) is 10.9 Å². The number of rotatable bonds is 4. The Morgan fingerprint density at radius 2 is 1.61 bits per heavy atom. The minimum Gasteiger partial charge on any atom is -0.308 e. The topological polar surface area (TPSA) is 101 Å². The van der Waals surface area contributed by atoms with Gasteiger partial charge in [0, 0.05) is 15.7 Å². The maximum Gasteiger partial charge on any atom is 0.323 e. The van der Waals surface area contributed by atoms with E-state index in [1.54, 1.807) is 55.5 Å². The van der Waals surface area contributed by atoms with Gasteiger partial charge in [-0.2, -0.15) is 0 Å². The van der Waals surface area contributed by atoms with E-state index in [9.17, 15) is 13.2 Å². The minimum absolute atomic E-state index is 0.0994. The van der Waals surface area contributed by atoms with Gasteiger partial charge >= 0.3 is 6.03 Å². The van der Waals surface area contributed by atoms with Crippen molar-refractivity contribution in [2.45, 2.75) is 11.8 Å². The van der Waals surface area contributed by atoms with E-state index in [1.807, 2.05) is 18.2 Å². The molecule has 6 nitrogen and oxygen atoms in total. The van der Waals surface area contributed by atoms with E-state index in [0.717, 1.165) is 4.47 Å². The quantitative estimate of drug-likeness (QED) is 0.525. The van der Waals surface area contributed by atoms with Crippen molar-refractivity contribution in [1.82, 2.24) is 0 Å². The van der Waals surface area contributed by atoms with E-state index >= 15 is 0 Å². The number of primary sulfonamides is 1. The molecule has 0 aliphatic heterocycles. The first-order chi connectivity index (χ1) is 13.3. The fourth-order valence-corrected chi connectivity index (χ4v) is 4.23. The number of hydrogen-bond acceptors (Lipinski definition) is 3. The molecule has 0 aliphatic carbocycles. The van der Waals surface area contributed by atoms with E-state index in [1.165, 1.54) is 0 Å². The Labute approximate surface area is 172 Å². The molecule has 3 aromatic rings. The molecule has 0 saturated carbocycles. The molecule has 0 aliphatic rings. The van der Waals surface area contributed by atoms with Gasteiger partial charge in [0.25, 0.3) is 0 Å². The average molecular weight is 460 g/mol. The number of sulfonamides is 1. The van der Waals surface area contributed by atoms with E-state index in [2.05, 4.69) is 26.6 Å². The number of nitrogens with two attached hydrogens (primary N) is 1. The molecule has 0 heterocycles. The van der Waals surface area contributed by atoms with Crippen molar-refractivity contribution in [2.24, 2.45) is 5.14 Å². The van der Waals surface area contributed by atoms with E-state index in [4.69, 9.17) is 5.14 Å². The molecule has 0 spiro atoms. The number of nitrogens with one attached hydrogen (secondary N) is 2. The normalized spacial score (nSPS) is 11.1. The van der Waals surface area contributed by atoms with Crippen LogP contribution in [0.15, 0.2) is 76.1 Å². The minimum atomic E-state index is -3.86. The number of urea groups is 1. The zero-order chi connectivity index (χ0) is 20.3. The summed E-state index contributed by atoms with van der Waals surface area (Å²) in [5.74, 6) is 0. The van der Waals surface area contributed by atoms with Crippen LogP contribution in [-0.2, 0) is 10.0 Å². The van der Waals surface area contributed by atoms with Crippen LogP contribution >= 0.6 is 15.9 Å². The lowest BCUT2D eigenvalue weighted by molar-refractivity contribution is 0.262. The van der Waals surface area contributed by atoms with Crippen LogP contribution in [0.2, 0.25) is 0 Å². The van der Waals surface area contributed by atoms with Gasteiger partial charge in [-0.05, 0) is 58.2 Å². The number of carbonyl (C=O) groups is 1. The summed E-state index contributed by atoms with van der Waals surface area (Å²) in [6.07, 6.45) is 0. The summed E-state index contributed by atoms with van der Waals surface area (Å²) in [6, 6.07) is 18.9. The second-order valence-corrected chi connectivity index (χ2v) is 8.49. The fourth-order valence-electron chi connectivity index (χ4n) is 2.84. The van der Waals surface area contributed by atoms with Gasteiger partial charge in [0.2, 0.25) is 10.0 Å². The second-order valence-electron chi connectivity index (χ2n) is 6.13. The lowest BCUT2D eigenvalue weighted by Crippen LogP contribution is -2.19. The third-order valence-corrected chi connectivity index (χ3v) is 5.87. The van der Waals surface area contributed by atoms with Crippen LogP contribution in [0.25, 0.3) is 11.1 Å². The Morgan fingerprint density at radius 3 is 2.25 bits per heavy atom. The highest BCUT2D eigenvalue weighted by Gasteiger charge is 2.17. The molecule has 0 aromatic heterocycles. The monoisotopic (exact) mass is 459 g/mol. The number of hydrogen-bond donors (Lipinski definition) is 3. The van der Waals surface area contributed by atoms with Gasteiger partial charge in [0.1, 0.15) is 0 Å². The van der Waals surface area contributed by atoms with Crippen molar-refractivity contribution in [3.05, 3.63) is 76.8 Å². The standard InChI is InChI=1S/C20H18BrN3O3S/c1-13-5-4-6-16(19(13)28(22,26)27)14-9-11-15(12-10-14)23-20(25)24-18-8-3-2-7-17(18)21/h2-12H,1H3,(H2,22,26,27)(H2,23,24,25). The first-order valence-electron chi connectivity index (χ1n) is 8.31. The molecule has 28 heavy (non-hydrogen) atoms. The molecule has 0 radical (unpaired) electrons. The SMILES string of the molecule is Cc1cccc(-c2ccc(NC(=O)Nc3ccccc3Br)cc2)c1S(N)(=O)=O. The number of benzene rings is 3. The van der Waals surface area contributed by atoms with Gasteiger partial charge in [0.15, 0.2) is 0 Å². The van der Waals surface area contributed by atoms with Crippen LogP contribution in [0.3, 0.4) is 0 Å². The van der Waals surface area contributed by atoms with E-state index < -0.39 is 10.0 Å². The van der Waals surface area contributed by atoms with Gasteiger partial charge in [-0.25, -0.2) is 18.4 Å². The molecule has 8 heteroatoms. The molecular formula is C20H18BrN3O3S. The molecule has 0 saturated heterocycles. The smallest absolute Gasteiger partial charge is 0.308 e. The largest absolute Gasteiger partial charge is 0.323 e. The Morgan fingerprint density at radius 1 is 0.929 bits per heavy atom. The highest BCUT2D eigenvalue weighted by molar-refractivity contribution is 9.10. The third kappa shape index (κ3) is 4.59. The zero-order valence-corrected chi connectivity index (χ0v) is 17.3. The van der Waals surface area contributed by atoms with Gasteiger partial charge < -0.3 is 10.6 Å². The first-order valence-corrected chi connectivity index (χ1v) is 10.6. The highest BCUT2D eigenvalue weighted by atomic mass is 79.9. The summed E-state index contributed by atoms with van der Waals surface area (Å²) in [4.78, 5) is 12.3. The van der Waals surface area contributed by atoms with Gasteiger partial charge in [0.05, 0.1) is 10.6 Å². The fraction of sp³-hybridized carbons (Fsp3) is 0.0500. The van der Waals surface area contributed by atoms with Crippen LogP contribution in [0.5, 0.6) is 0 Å². The van der Waals surface area contributed by atoms with Gasteiger partial charge in [-0.1, -0.05) is 42.5 Å². The van der Waals surface area contributed by atoms with Crippen molar-refractivity contribution in [2.75, 3.05) is 10.6 Å². The molecule has 3 aromatic carbocycles.